The predicted molar refractivity (Wildman–Crippen MR) is 54.8 cm³/mol. The molecule has 0 aliphatic heterocycles. The molecule has 0 spiro atoms. The van der Waals surface area contributed by atoms with Gasteiger partial charge in [-0.2, -0.15) is 0 Å². The first-order valence-electron chi connectivity index (χ1n) is 4.78. The van der Waals surface area contributed by atoms with Crippen LogP contribution in [0.1, 0.15) is 19.8 Å². The zero-order chi connectivity index (χ0) is 11.3. The van der Waals surface area contributed by atoms with Crippen LogP contribution < -0.4 is 5.32 Å². The molecular formula is C11H13F2NO. The van der Waals surface area contributed by atoms with E-state index in [2.05, 4.69) is 5.32 Å². The van der Waals surface area contributed by atoms with Gasteiger partial charge in [-0.1, -0.05) is 0 Å². The quantitative estimate of drug-likeness (QED) is 0.762. The Kier molecular flexibility index (Phi) is 4.21. The molecule has 0 radical (unpaired) electrons. The van der Waals surface area contributed by atoms with Crippen molar-refractivity contribution in [1.29, 1.82) is 0 Å². The van der Waals surface area contributed by atoms with Crippen LogP contribution in [0.25, 0.3) is 0 Å². The monoisotopic (exact) mass is 213 g/mol. The van der Waals surface area contributed by atoms with Crippen LogP contribution in [0.3, 0.4) is 0 Å². The molecule has 1 aromatic rings. The first-order chi connectivity index (χ1) is 7.09. The van der Waals surface area contributed by atoms with Crippen molar-refractivity contribution in [3.8, 4) is 0 Å². The van der Waals surface area contributed by atoms with Crippen molar-refractivity contribution in [2.45, 2.75) is 19.8 Å². The fourth-order valence-corrected chi connectivity index (χ4v) is 1.19. The minimum absolute atomic E-state index is 0.108. The van der Waals surface area contributed by atoms with Crippen LogP contribution in [0.4, 0.5) is 14.5 Å². The summed E-state index contributed by atoms with van der Waals surface area (Å²) in [6.45, 7) is 2.01. The number of ketones is 1. The second-order valence-corrected chi connectivity index (χ2v) is 3.36. The van der Waals surface area contributed by atoms with Gasteiger partial charge in [0.2, 0.25) is 0 Å². The van der Waals surface area contributed by atoms with Crippen LogP contribution in [0, 0.1) is 11.6 Å². The molecule has 4 heteroatoms. The molecular weight excluding hydrogens is 200 g/mol. The summed E-state index contributed by atoms with van der Waals surface area (Å²) in [5.41, 5.74) is 0.264. The standard InChI is InChI=1S/C11H13F2NO/c1-8(15)3-2-6-14-11-5-4-9(12)7-10(11)13/h4-5,7,14H,2-3,6H2,1H3. The Morgan fingerprint density at radius 1 is 1.40 bits per heavy atom. The summed E-state index contributed by atoms with van der Waals surface area (Å²) in [5, 5.41) is 2.80. The number of anilines is 1. The van der Waals surface area contributed by atoms with Crippen LogP contribution in [-0.4, -0.2) is 12.3 Å². The van der Waals surface area contributed by atoms with E-state index in [0.717, 1.165) is 6.07 Å². The van der Waals surface area contributed by atoms with Gasteiger partial charge >= 0.3 is 0 Å². The number of carbonyl (C=O) groups excluding carboxylic acids is 1. The summed E-state index contributed by atoms with van der Waals surface area (Å²) in [7, 11) is 0. The number of rotatable bonds is 5. The Morgan fingerprint density at radius 3 is 2.73 bits per heavy atom. The van der Waals surface area contributed by atoms with Crippen LogP contribution in [0.5, 0.6) is 0 Å². The normalized spacial score (nSPS) is 10.1. The lowest BCUT2D eigenvalue weighted by Gasteiger charge is -2.06. The van der Waals surface area contributed by atoms with Gasteiger partial charge in [0.05, 0.1) is 5.69 Å². The lowest BCUT2D eigenvalue weighted by atomic mass is 10.2. The molecule has 1 N–H and O–H groups in total. The topological polar surface area (TPSA) is 29.1 Å². The second-order valence-electron chi connectivity index (χ2n) is 3.36. The Balaban J connectivity index is 2.40. The minimum Gasteiger partial charge on any atom is -0.383 e. The van der Waals surface area contributed by atoms with Crippen molar-refractivity contribution in [3.63, 3.8) is 0 Å². The SMILES string of the molecule is CC(=O)CCCNc1ccc(F)cc1F. The molecule has 0 atom stereocenters. The van der Waals surface area contributed by atoms with E-state index in [0.29, 0.717) is 19.4 Å². The maximum atomic E-state index is 13.1. The minimum atomic E-state index is -0.613. The van der Waals surface area contributed by atoms with Crippen LogP contribution in [-0.2, 0) is 4.79 Å². The van der Waals surface area contributed by atoms with Gasteiger partial charge in [-0.05, 0) is 25.5 Å². The Labute approximate surface area is 87.3 Å². The molecule has 0 bridgehead atoms. The lowest BCUT2D eigenvalue weighted by Crippen LogP contribution is -2.05. The molecule has 0 aliphatic carbocycles. The third kappa shape index (κ3) is 4.06. The number of halogens is 2. The van der Waals surface area contributed by atoms with Gasteiger partial charge in [0.15, 0.2) is 0 Å². The van der Waals surface area contributed by atoms with Gasteiger partial charge in [-0.25, -0.2) is 8.78 Å². The highest BCUT2D eigenvalue weighted by molar-refractivity contribution is 5.75. The Hall–Kier alpha value is -1.45. The summed E-state index contributed by atoms with van der Waals surface area (Å²) >= 11 is 0. The van der Waals surface area contributed by atoms with Crippen LogP contribution in [0.15, 0.2) is 18.2 Å². The van der Waals surface area contributed by atoms with Crippen molar-refractivity contribution >= 4 is 11.5 Å². The van der Waals surface area contributed by atoms with Gasteiger partial charge in [0.25, 0.3) is 0 Å². The third-order valence-electron chi connectivity index (χ3n) is 1.95. The fraction of sp³-hybridized carbons (Fsp3) is 0.364. The summed E-state index contributed by atoms with van der Waals surface area (Å²) in [4.78, 5) is 10.6. The molecule has 15 heavy (non-hydrogen) atoms. The lowest BCUT2D eigenvalue weighted by molar-refractivity contribution is -0.117. The summed E-state index contributed by atoms with van der Waals surface area (Å²) in [5.74, 6) is -1.10. The zero-order valence-electron chi connectivity index (χ0n) is 8.52. The molecule has 1 rings (SSSR count). The summed E-state index contributed by atoms with van der Waals surface area (Å²) in [6.07, 6.45) is 1.11. The van der Waals surface area contributed by atoms with Crippen molar-refractivity contribution in [2.24, 2.45) is 0 Å². The van der Waals surface area contributed by atoms with Gasteiger partial charge < -0.3 is 10.1 Å². The maximum absolute atomic E-state index is 13.1. The number of carbonyl (C=O) groups is 1. The van der Waals surface area contributed by atoms with Gasteiger partial charge in [-0.3, -0.25) is 0 Å². The average molecular weight is 213 g/mol. The number of hydrogen-bond donors (Lipinski definition) is 1. The second kappa shape index (κ2) is 5.44. The van der Waals surface area contributed by atoms with E-state index in [1.54, 1.807) is 0 Å². The first kappa shape index (κ1) is 11.6. The predicted octanol–water partition coefficient (Wildman–Crippen LogP) is 2.75. The Bertz CT molecular complexity index is 352. The van der Waals surface area contributed by atoms with E-state index in [-0.39, 0.29) is 11.5 Å². The molecule has 0 heterocycles. The largest absolute Gasteiger partial charge is 0.383 e. The van der Waals surface area contributed by atoms with Gasteiger partial charge in [0, 0.05) is 19.0 Å². The fourth-order valence-electron chi connectivity index (χ4n) is 1.19. The molecule has 0 amide bonds. The van der Waals surface area contributed by atoms with E-state index in [4.69, 9.17) is 0 Å². The average Bonchev–Trinajstić information content (AvgIpc) is 2.14. The summed E-state index contributed by atoms with van der Waals surface area (Å²) < 4.78 is 25.6. The number of benzene rings is 1. The molecule has 1 aromatic carbocycles. The highest BCUT2D eigenvalue weighted by Gasteiger charge is 2.02. The molecule has 0 unspecified atom stereocenters. The molecule has 0 saturated carbocycles. The molecule has 0 aromatic heterocycles. The molecule has 0 fully saturated rings. The molecule has 82 valence electrons. The van der Waals surface area contributed by atoms with Crippen LogP contribution >= 0.6 is 0 Å². The molecule has 2 nitrogen and oxygen atoms in total. The number of nitrogens with one attached hydrogen (secondary N) is 1. The van der Waals surface area contributed by atoms with Crippen molar-refractivity contribution in [3.05, 3.63) is 29.8 Å². The highest BCUT2D eigenvalue weighted by atomic mass is 19.1. The summed E-state index contributed by atoms with van der Waals surface area (Å²) in [6, 6.07) is 3.36. The molecule has 0 saturated heterocycles. The number of hydrogen-bond acceptors (Lipinski definition) is 2. The van der Waals surface area contributed by atoms with Gasteiger partial charge in [0.1, 0.15) is 17.4 Å². The zero-order valence-corrected chi connectivity index (χ0v) is 8.52. The van der Waals surface area contributed by atoms with Gasteiger partial charge in [-0.15, -0.1) is 0 Å². The maximum Gasteiger partial charge on any atom is 0.149 e. The third-order valence-corrected chi connectivity index (χ3v) is 1.95. The van der Waals surface area contributed by atoms with E-state index in [9.17, 15) is 13.6 Å². The van der Waals surface area contributed by atoms with Crippen molar-refractivity contribution in [2.75, 3.05) is 11.9 Å². The smallest absolute Gasteiger partial charge is 0.149 e. The first-order valence-corrected chi connectivity index (χ1v) is 4.78. The van der Waals surface area contributed by atoms with Crippen LogP contribution in [0.2, 0.25) is 0 Å². The van der Waals surface area contributed by atoms with E-state index in [1.807, 2.05) is 0 Å². The van der Waals surface area contributed by atoms with E-state index >= 15 is 0 Å². The number of Topliss-reactive ketones (excluding diaryl/α,β-unsaturated/α-hetero) is 1. The highest BCUT2D eigenvalue weighted by Crippen LogP contribution is 2.14. The van der Waals surface area contributed by atoms with Crippen molar-refractivity contribution in [1.82, 2.24) is 0 Å². The Morgan fingerprint density at radius 2 is 2.13 bits per heavy atom. The van der Waals surface area contributed by atoms with E-state index in [1.165, 1.54) is 19.1 Å². The van der Waals surface area contributed by atoms with Crippen molar-refractivity contribution < 1.29 is 13.6 Å². The van der Waals surface area contributed by atoms with E-state index < -0.39 is 11.6 Å². The molecule has 0 aliphatic rings.